The Morgan fingerprint density at radius 3 is 1.89 bits per heavy atom. The van der Waals surface area contributed by atoms with Crippen molar-refractivity contribution >= 4 is 28.2 Å². The minimum atomic E-state index is -0.329. The van der Waals surface area contributed by atoms with Gasteiger partial charge in [0.05, 0.1) is 11.6 Å². The zero-order valence-electron chi connectivity index (χ0n) is 17.9. The van der Waals surface area contributed by atoms with Crippen LogP contribution in [0.5, 0.6) is 0 Å². The molecule has 1 N–H and O–H groups in total. The summed E-state index contributed by atoms with van der Waals surface area (Å²) in [4.78, 5) is 24.2. The second kappa shape index (κ2) is 16.6. The molecule has 1 amide bonds. The summed E-state index contributed by atoms with van der Waals surface area (Å²) in [5, 5.41) is 3.59. The van der Waals surface area contributed by atoms with Crippen molar-refractivity contribution in [1.29, 1.82) is 0 Å². The average Bonchev–Trinajstić information content (AvgIpc) is 3.14. The molecular weight excluding hydrogens is 370 g/mol. The van der Waals surface area contributed by atoms with E-state index in [0.29, 0.717) is 22.9 Å². The smallest absolute Gasteiger partial charge is 0.348 e. The van der Waals surface area contributed by atoms with Gasteiger partial charge in [0.15, 0.2) is 0 Å². The molecule has 0 atom stereocenters. The van der Waals surface area contributed by atoms with Crippen molar-refractivity contribution in [1.82, 2.24) is 0 Å². The molecule has 0 saturated heterocycles. The highest BCUT2D eigenvalue weighted by molar-refractivity contribution is 7.18. The van der Waals surface area contributed by atoms with Crippen molar-refractivity contribution in [2.75, 3.05) is 11.9 Å². The van der Waals surface area contributed by atoms with E-state index in [4.69, 9.17) is 4.74 Å². The number of esters is 1. The molecule has 28 heavy (non-hydrogen) atoms. The quantitative estimate of drug-likeness (QED) is 0.216. The van der Waals surface area contributed by atoms with Crippen molar-refractivity contribution in [2.45, 2.75) is 104 Å². The first-order valence-electron chi connectivity index (χ1n) is 11.2. The minimum Gasteiger partial charge on any atom is -0.462 e. The second-order valence-corrected chi connectivity index (χ2v) is 8.51. The zero-order valence-corrected chi connectivity index (χ0v) is 18.7. The summed E-state index contributed by atoms with van der Waals surface area (Å²) in [5.41, 5.74) is 0. The van der Waals surface area contributed by atoms with Crippen LogP contribution < -0.4 is 5.32 Å². The van der Waals surface area contributed by atoms with Crippen LogP contribution in [0, 0.1) is 0 Å². The highest BCUT2D eigenvalue weighted by Gasteiger charge is 2.11. The first kappa shape index (κ1) is 24.7. The molecule has 0 aliphatic carbocycles. The largest absolute Gasteiger partial charge is 0.462 e. The van der Waals surface area contributed by atoms with E-state index in [1.54, 1.807) is 19.1 Å². The van der Waals surface area contributed by atoms with E-state index in [9.17, 15) is 9.59 Å². The standard InChI is InChI=1S/C23H39NO3S/c1-3-5-6-7-8-9-10-11-12-13-14-15-16-17-21(25)24-22-19-18-20(28-22)23(26)27-4-2/h18-19H,3-17H2,1-2H3,(H,24,25). The molecule has 0 fully saturated rings. The molecule has 0 radical (unpaired) electrons. The normalized spacial score (nSPS) is 10.8. The Balaban J connectivity index is 1.95. The van der Waals surface area contributed by atoms with E-state index in [0.717, 1.165) is 12.8 Å². The lowest BCUT2D eigenvalue weighted by Crippen LogP contribution is -2.09. The predicted octanol–water partition coefficient (Wildman–Crippen LogP) is 7.34. The maximum absolute atomic E-state index is 12.0. The fraction of sp³-hybridized carbons (Fsp3) is 0.739. The van der Waals surface area contributed by atoms with E-state index in [1.165, 1.54) is 82.0 Å². The van der Waals surface area contributed by atoms with Gasteiger partial charge in [-0.25, -0.2) is 4.79 Å². The molecule has 5 heteroatoms. The van der Waals surface area contributed by atoms with Gasteiger partial charge in [-0.1, -0.05) is 84.0 Å². The third kappa shape index (κ3) is 12.2. The summed E-state index contributed by atoms with van der Waals surface area (Å²) in [5.74, 6) is -0.301. The van der Waals surface area contributed by atoms with Crippen LogP contribution >= 0.6 is 11.3 Å². The van der Waals surface area contributed by atoms with Gasteiger partial charge in [0.25, 0.3) is 0 Å². The van der Waals surface area contributed by atoms with Gasteiger partial charge >= 0.3 is 5.97 Å². The Hall–Kier alpha value is -1.36. The summed E-state index contributed by atoms with van der Waals surface area (Å²) < 4.78 is 4.96. The first-order valence-corrected chi connectivity index (χ1v) is 12.1. The fourth-order valence-corrected chi connectivity index (χ4v) is 4.04. The van der Waals surface area contributed by atoms with Crippen LogP contribution in [0.2, 0.25) is 0 Å². The van der Waals surface area contributed by atoms with Gasteiger partial charge in [-0.15, -0.1) is 11.3 Å². The lowest BCUT2D eigenvalue weighted by molar-refractivity contribution is -0.116. The van der Waals surface area contributed by atoms with E-state index in [-0.39, 0.29) is 11.9 Å². The monoisotopic (exact) mass is 409 g/mol. The highest BCUT2D eigenvalue weighted by atomic mass is 32.1. The zero-order chi connectivity index (χ0) is 20.5. The summed E-state index contributed by atoms with van der Waals surface area (Å²) in [7, 11) is 0. The minimum absolute atomic E-state index is 0.0281. The van der Waals surface area contributed by atoms with Crippen LogP contribution in [0.25, 0.3) is 0 Å². The topological polar surface area (TPSA) is 55.4 Å². The Morgan fingerprint density at radius 2 is 1.36 bits per heavy atom. The van der Waals surface area contributed by atoms with Gasteiger partial charge in [-0.05, 0) is 25.5 Å². The molecular formula is C23H39NO3S. The summed E-state index contributed by atoms with van der Waals surface area (Å²) >= 11 is 1.26. The van der Waals surface area contributed by atoms with Crippen LogP contribution in [0.3, 0.4) is 0 Å². The number of anilines is 1. The van der Waals surface area contributed by atoms with Gasteiger partial charge in [-0.3, -0.25) is 4.79 Å². The third-order valence-corrected chi connectivity index (χ3v) is 5.83. The van der Waals surface area contributed by atoms with Crippen molar-refractivity contribution < 1.29 is 14.3 Å². The molecule has 1 heterocycles. The molecule has 0 saturated carbocycles. The van der Waals surface area contributed by atoms with Crippen LogP contribution in [-0.4, -0.2) is 18.5 Å². The molecule has 0 aliphatic rings. The Kier molecular flexibility index (Phi) is 14.6. The fourth-order valence-electron chi connectivity index (χ4n) is 3.22. The van der Waals surface area contributed by atoms with E-state index in [2.05, 4.69) is 12.2 Å². The maximum atomic E-state index is 12.0. The van der Waals surface area contributed by atoms with Gasteiger partial charge in [0, 0.05) is 6.42 Å². The number of nitrogens with one attached hydrogen (secondary N) is 1. The number of carbonyl (C=O) groups excluding carboxylic acids is 2. The number of thiophene rings is 1. The Morgan fingerprint density at radius 1 is 0.821 bits per heavy atom. The van der Waals surface area contributed by atoms with Crippen LogP contribution in [-0.2, 0) is 9.53 Å². The number of amides is 1. The molecule has 1 aromatic rings. The number of rotatable bonds is 17. The van der Waals surface area contributed by atoms with Gasteiger partial charge in [0.2, 0.25) is 5.91 Å². The number of hydrogen-bond donors (Lipinski definition) is 1. The number of carbonyl (C=O) groups is 2. The number of ether oxygens (including phenoxy) is 1. The van der Waals surface area contributed by atoms with Crippen LogP contribution in [0.1, 0.15) is 113 Å². The number of unbranched alkanes of at least 4 members (excludes halogenated alkanes) is 12. The second-order valence-electron chi connectivity index (χ2n) is 7.43. The predicted molar refractivity (Wildman–Crippen MR) is 119 cm³/mol. The number of hydrogen-bond acceptors (Lipinski definition) is 4. The molecule has 0 aliphatic heterocycles. The summed E-state index contributed by atoms with van der Waals surface area (Å²) in [6.07, 6.45) is 17.5. The van der Waals surface area contributed by atoms with Crippen LogP contribution in [0.4, 0.5) is 5.00 Å². The molecule has 160 valence electrons. The van der Waals surface area contributed by atoms with Crippen LogP contribution in [0.15, 0.2) is 12.1 Å². The molecule has 0 bridgehead atoms. The van der Waals surface area contributed by atoms with E-state index >= 15 is 0 Å². The molecule has 0 unspecified atom stereocenters. The molecule has 0 aromatic carbocycles. The lowest BCUT2D eigenvalue weighted by atomic mass is 10.0. The summed E-state index contributed by atoms with van der Waals surface area (Å²) in [6, 6.07) is 3.46. The Bertz CT molecular complexity index is 542. The molecule has 0 spiro atoms. The van der Waals surface area contributed by atoms with Crippen molar-refractivity contribution in [3.8, 4) is 0 Å². The van der Waals surface area contributed by atoms with Gasteiger partial charge < -0.3 is 10.1 Å². The maximum Gasteiger partial charge on any atom is 0.348 e. The SMILES string of the molecule is CCCCCCCCCCCCCCCC(=O)Nc1ccc(C(=O)OCC)s1. The van der Waals surface area contributed by atoms with E-state index in [1.807, 2.05) is 0 Å². The van der Waals surface area contributed by atoms with Crippen molar-refractivity contribution in [2.24, 2.45) is 0 Å². The average molecular weight is 410 g/mol. The molecule has 1 aromatic heterocycles. The van der Waals surface area contributed by atoms with Gasteiger partial charge in [0.1, 0.15) is 4.88 Å². The lowest BCUT2D eigenvalue weighted by Gasteiger charge is -2.04. The van der Waals surface area contributed by atoms with Gasteiger partial charge in [-0.2, -0.15) is 0 Å². The first-order chi connectivity index (χ1) is 13.7. The Labute approximate surface area is 175 Å². The molecule has 4 nitrogen and oxygen atoms in total. The van der Waals surface area contributed by atoms with E-state index < -0.39 is 0 Å². The molecule has 1 rings (SSSR count). The summed E-state index contributed by atoms with van der Waals surface area (Å²) in [6.45, 7) is 4.40. The van der Waals surface area contributed by atoms with Crippen molar-refractivity contribution in [3.63, 3.8) is 0 Å². The van der Waals surface area contributed by atoms with Crippen molar-refractivity contribution in [3.05, 3.63) is 17.0 Å². The highest BCUT2D eigenvalue weighted by Crippen LogP contribution is 2.23. The third-order valence-electron chi connectivity index (χ3n) is 4.85.